The van der Waals surface area contributed by atoms with Crippen molar-refractivity contribution in [1.82, 2.24) is 20.0 Å². The number of hydrogen-bond acceptors (Lipinski definition) is 5. The summed E-state index contributed by atoms with van der Waals surface area (Å²) in [5, 5.41) is 7.04. The Balaban J connectivity index is 1.43. The average molecular weight is 400 g/mol. The highest BCUT2D eigenvalue weighted by Gasteiger charge is 2.27. The summed E-state index contributed by atoms with van der Waals surface area (Å²) in [6.45, 7) is 3.33. The van der Waals surface area contributed by atoms with E-state index >= 15 is 0 Å². The minimum absolute atomic E-state index is 0.0232. The summed E-state index contributed by atoms with van der Waals surface area (Å²) >= 11 is 0. The number of nitrogens with one attached hydrogen (secondary N) is 1. The lowest BCUT2D eigenvalue weighted by atomic mass is 10.0. The Morgan fingerprint density at radius 2 is 2.07 bits per heavy atom. The van der Waals surface area contributed by atoms with Crippen molar-refractivity contribution in [2.45, 2.75) is 38.5 Å². The molecule has 29 heavy (non-hydrogen) atoms. The molecule has 2 aromatic rings. The summed E-state index contributed by atoms with van der Waals surface area (Å²) in [7, 11) is 3.40. The molecule has 0 saturated carbocycles. The molecule has 0 unspecified atom stereocenters. The summed E-state index contributed by atoms with van der Waals surface area (Å²) in [6.07, 6.45) is 4.16. The topological polar surface area (TPSA) is 85.7 Å². The van der Waals surface area contributed by atoms with Crippen molar-refractivity contribution >= 4 is 11.8 Å². The maximum atomic E-state index is 12.7. The number of methoxy groups -OCH3 is 1. The second kappa shape index (κ2) is 9.56. The van der Waals surface area contributed by atoms with Crippen molar-refractivity contribution in [3.63, 3.8) is 0 Å². The lowest BCUT2D eigenvalue weighted by Crippen LogP contribution is -2.49. The van der Waals surface area contributed by atoms with Crippen LogP contribution in [-0.4, -0.2) is 58.8 Å². The molecule has 156 valence electrons. The van der Waals surface area contributed by atoms with Gasteiger partial charge in [-0.2, -0.15) is 5.10 Å². The maximum Gasteiger partial charge on any atom is 0.254 e. The van der Waals surface area contributed by atoms with Crippen LogP contribution in [0.2, 0.25) is 0 Å². The molecule has 0 spiro atoms. The normalized spacial score (nSPS) is 15.8. The molecule has 1 aliphatic heterocycles. The van der Waals surface area contributed by atoms with Gasteiger partial charge in [0.25, 0.3) is 11.8 Å². The van der Waals surface area contributed by atoms with E-state index in [0.29, 0.717) is 25.3 Å². The minimum atomic E-state index is -0.525. The average Bonchev–Trinajstić information content (AvgIpc) is 3.18. The van der Waals surface area contributed by atoms with Gasteiger partial charge in [0, 0.05) is 32.4 Å². The molecule has 1 aliphatic rings. The van der Waals surface area contributed by atoms with Crippen LogP contribution < -0.4 is 10.1 Å². The fraction of sp³-hybridized carbons (Fsp3) is 0.476. The molecule has 1 aromatic heterocycles. The number of benzene rings is 1. The Hall–Kier alpha value is -2.87. The SMILES string of the molecule is COc1cccc(CO[C@@H](C)C(=O)N2CCC(NC(=O)c3cnn(C)c3)CC2)c1. The van der Waals surface area contributed by atoms with Crippen molar-refractivity contribution in [1.29, 1.82) is 0 Å². The Labute approximate surface area is 170 Å². The lowest BCUT2D eigenvalue weighted by Gasteiger charge is -2.33. The Kier molecular flexibility index (Phi) is 6.87. The molecule has 0 bridgehead atoms. The number of carbonyl (C=O) groups excluding carboxylic acids is 2. The molecule has 1 fully saturated rings. The number of ether oxygens (including phenoxy) is 2. The van der Waals surface area contributed by atoms with Crippen LogP contribution in [-0.2, 0) is 23.2 Å². The summed E-state index contributed by atoms with van der Waals surface area (Å²) in [6, 6.07) is 7.66. The number of likely N-dealkylation sites (tertiary alicyclic amines) is 1. The van der Waals surface area contributed by atoms with E-state index in [1.165, 1.54) is 0 Å². The second-order valence-electron chi connectivity index (χ2n) is 7.28. The van der Waals surface area contributed by atoms with E-state index < -0.39 is 6.10 Å². The second-order valence-corrected chi connectivity index (χ2v) is 7.28. The van der Waals surface area contributed by atoms with E-state index in [1.807, 2.05) is 29.2 Å². The van der Waals surface area contributed by atoms with E-state index in [4.69, 9.17) is 9.47 Å². The van der Waals surface area contributed by atoms with Gasteiger partial charge in [-0.25, -0.2) is 0 Å². The zero-order valence-corrected chi connectivity index (χ0v) is 17.1. The third-order valence-electron chi connectivity index (χ3n) is 5.09. The number of aromatic nitrogens is 2. The van der Waals surface area contributed by atoms with Gasteiger partial charge >= 0.3 is 0 Å². The molecule has 1 aromatic carbocycles. The zero-order chi connectivity index (χ0) is 20.8. The molecular formula is C21H28N4O4. The fourth-order valence-corrected chi connectivity index (χ4v) is 3.36. The summed E-state index contributed by atoms with van der Waals surface area (Å²) in [5.74, 6) is 0.614. The first-order chi connectivity index (χ1) is 14.0. The maximum absolute atomic E-state index is 12.7. The number of aryl methyl sites for hydroxylation is 1. The molecule has 2 heterocycles. The summed E-state index contributed by atoms with van der Waals surface area (Å²) in [4.78, 5) is 26.7. The van der Waals surface area contributed by atoms with E-state index in [2.05, 4.69) is 10.4 Å². The smallest absolute Gasteiger partial charge is 0.254 e. The highest BCUT2D eigenvalue weighted by atomic mass is 16.5. The monoisotopic (exact) mass is 400 g/mol. The third kappa shape index (κ3) is 5.57. The van der Waals surface area contributed by atoms with Crippen molar-refractivity contribution in [3.05, 3.63) is 47.8 Å². The van der Waals surface area contributed by atoms with Gasteiger partial charge in [0.15, 0.2) is 0 Å². The van der Waals surface area contributed by atoms with Crippen LogP contribution in [0.1, 0.15) is 35.7 Å². The lowest BCUT2D eigenvalue weighted by molar-refractivity contribution is -0.144. The number of amides is 2. The van der Waals surface area contributed by atoms with Crippen molar-refractivity contribution < 1.29 is 19.1 Å². The van der Waals surface area contributed by atoms with E-state index in [1.54, 1.807) is 38.2 Å². The van der Waals surface area contributed by atoms with Crippen LogP contribution in [0.3, 0.4) is 0 Å². The van der Waals surface area contributed by atoms with E-state index in [9.17, 15) is 9.59 Å². The molecule has 1 atom stereocenters. The van der Waals surface area contributed by atoms with Crippen LogP contribution >= 0.6 is 0 Å². The van der Waals surface area contributed by atoms with Gasteiger partial charge in [-0.1, -0.05) is 12.1 Å². The largest absolute Gasteiger partial charge is 0.497 e. The van der Waals surface area contributed by atoms with E-state index in [0.717, 1.165) is 24.2 Å². The molecule has 8 heteroatoms. The number of piperidine rings is 1. The molecule has 0 aliphatic carbocycles. The predicted octanol–water partition coefficient (Wildman–Crippen LogP) is 1.75. The molecule has 8 nitrogen and oxygen atoms in total. The fourth-order valence-electron chi connectivity index (χ4n) is 3.36. The van der Waals surface area contributed by atoms with Crippen LogP contribution in [0.25, 0.3) is 0 Å². The van der Waals surface area contributed by atoms with Crippen LogP contribution in [0.4, 0.5) is 0 Å². The van der Waals surface area contributed by atoms with Crippen LogP contribution in [0.5, 0.6) is 5.75 Å². The molecule has 1 N–H and O–H groups in total. The first-order valence-corrected chi connectivity index (χ1v) is 9.79. The van der Waals surface area contributed by atoms with Crippen molar-refractivity contribution in [2.75, 3.05) is 20.2 Å². The molecule has 2 amide bonds. The highest BCUT2D eigenvalue weighted by Crippen LogP contribution is 2.16. The molecule has 1 saturated heterocycles. The van der Waals surface area contributed by atoms with Crippen molar-refractivity contribution in [3.8, 4) is 5.75 Å². The van der Waals surface area contributed by atoms with Gasteiger partial charge < -0.3 is 19.7 Å². The number of hydrogen-bond donors (Lipinski definition) is 1. The van der Waals surface area contributed by atoms with Gasteiger partial charge in [-0.3, -0.25) is 14.3 Å². The predicted molar refractivity (Wildman–Crippen MR) is 108 cm³/mol. The van der Waals surface area contributed by atoms with E-state index in [-0.39, 0.29) is 17.9 Å². The molecular weight excluding hydrogens is 372 g/mol. The zero-order valence-electron chi connectivity index (χ0n) is 17.1. The Morgan fingerprint density at radius 3 is 2.72 bits per heavy atom. The Bertz CT molecular complexity index is 843. The summed E-state index contributed by atoms with van der Waals surface area (Å²) < 4.78 is 12.6. The Morgan fingerprint density at radius 1 is 1.31 bits per heavy atom. The van der Waals surface area contributed by atoms with Crippen molar-refractivity contribution in [2.24, 2.45) is 7.05 Å². The molecule has 3 rings (SSSR count). The quantitative estimate of drug-likeness (QED) is 0.765. The van der Waals surface area contributed by atoms with Gasteiger partial charge in [0.2, 0.25) is 0 Å². The summed E-state index contributed by atoms with van der Waals surface area (Å²) in [5.41, 5.74) is 1.51. The van der Waals surface area contributed by atoms with Gasteiger partial charge in [0.1, 0.15) is 11.9 Å². The standard InChI is InChI=1S/C21H28N4O4/c1-15(29-14-16-5-4-6-19(11-16)28-3)21(27)25-9-7-18(8-10-25)23-20(26)17-12-22-24(2)13-17/h4-6,11-13,15,18H,7-10,14H2,1-3H3,(H,23,26)/t15-/m0/s1. The highest BCUT2D eigenvalue weighted by molar-refractivity contribution is 5.93. The molecule has 0 radical (unpaired) electrons. The van der Waals surface area contributed by atoms with Gasteiger partial charge in [0.05, 0.1) is 25.5 Å². The van der Waals surface area contributed by atoms with Crippen LogP contribution in [0, 0.1) is 0 Å². The first-order valence-electron chi connectivity index (χ1n) is 9.79. The number of rotatable bonds is 7. The van der Waals surface area contributed by atoms with Crippen LogP contribution in [0.15, 0.2) is 36.7 Å². The van der Waals surface area contributed by atoms with Gasteiger partial charge in [-0.05, 0) is 37.5 Å². The first kappa shape index (κ1) is 20.9. The number of carbonyl (C=O) groups is 2. The third-order valence-corrected chi connectivity index (χ3v) is 5.09. The van der Waals surface area contributed by atoms with Gasteiger partial charge in [-0.15, -0.1) is 0 Å². The number of nitrogens with zero attached hydrogens (tertiary/aromatic N) is 3. The minimum Gasteiger partial charge on any atom is -0.497 e.